The molecule has 0 heterocycles. The fourth-order valence-corrected chi connectivity index (χ4v) is 2.28. The second-order valence-electron chi connectivity index (χ2n) is 5.49. The molecular weight excluding hydrogens is 294 g/mol. The van der Waals surface area contributed by atoms with Gasteiger partial charge in [-0.05, 0) is 25.0 Å². The zero-order valence-electron chi connectivity index (χ0n) is 12.4. The lowest BCUT2D eigenvalue weighted by Gasteiger charge is -2.20. The number of amides is 1. The van der Waals surface area contributed by atoms with Crippen LogP contribution in [-0.4, -0.2) is 23.0 Å². The van der Waals surface area contributed by atoms with Crippen molar-refractivity contribution in [2.24, 2.45) is 0 Å². The molecule has 2 aromatic rings. The Bertz CT molecular complexity index is 710. The normalized spacial score (nSPS) is 14.8. The largest absolute Gasteiger partial charge is 0.478 e. The second kappa shape index (κ2) is 6.52. The van der Waals surface area contributed by atoms with Crippen LogP contribution in [0.3, 0.4) is 0 Å². The van der Waals surface area contributed by atoms with Gasteiger partial charge in [0.2, 0.25) is 6.10 Å². The van der Waals surface area contributed by atoms with Crippen LogP contribution in [0.4, 0.5) is 0 Å². The van der Waals surface area contributed by atoms with Crippen molar-refractivity contribution in [3.63, 3.8) is 0 Å². The summed E-state index contributed by atoms with van der Waals surface area (Å²) in [5.74, 6) is -1.16. The summed E-state index contributed by atoms with van der Waals surface area (Å²) in [5, 5.41) is 12.2. The summed E-state index contributed by atoms with van der Waals surface area (Å²) < 4.78 is 5.79. The van der Waals surface area contributed by atoms with Gasteiger partial charge in [-0.15, -0.1) is 0 Å². The Kier molecular flexibility index (Phi) is 4.28. The first kappa shape index (κ1) is 15.1. The molecule has 5 nitrogen and oxygen atoms in total. The van der Waals surface area contributed by atoms with Crippen LogP contribution >= 0.6 is 0 Å². The number of carbonyl (C=O) groups excluding carboxylic acids is 1. The molecular formula is C18H17NO4. The summed E-state index contributed by atoms with van der Waals surface area (Å²) >= 11 is 0. The van der Waals surface area contributed by atoms with Crippen LogP contribution in [0, 0.1) is 0 Å². The highest BCUT2D eigenvalue weighted by Gasteiger charge is 2.30. The fourth-order valence-electron chi connectivity index (χ4n) is 2.28. The molecule has 23 heavy (non-hydrogen) atoms. The molecule has 0 aromatic heterocycles. The van der Waals surface area contributed by atoms with E-state index in [9.17, 15) is 14.7 Å². The predicted molar refractivity (Wildman–Crippen MR) is 84.4 cm³/mol. The van der Waals surface area contributed by atoms with Crippen molar-refractivity contribution in [3.05, 3.63) is 65.7 Å². The van der Waals surface area contributed by atoms with Crippen LogP contribution in [0.25, 0.3) is 0 Å². The molecule has 3 rings (SSSR count). The number of hydrogen-bond donors (Lipinski definition) is 2. The van der Waals surface area contributed by atoms with E-state index in [1.54, 1.807) is 30.3 Å². The molecule has 0 spiro atoms. The van der Waals surface area contributed by atoms with E-state index >= 15 is 0 Å². The number of hydrogen-bond acceptors (Lipinski definition) is 3. The molecule has 0 radical (unpaired) electrons. The van der Waals surface area contributed by atoms with Crippen LogP contribution < -0.4 is 10.1 Å². The molecule has 0 bridgehead atoms. The molecule has 1 aliphatic rings. The first-order valence-electron chi connectivity index (χ1n) is 7.49. The number of carboxylic acid groups (broad SMARTS) is 1. The number of nitrogens with one attached hydrogen (secondary N) is 1. The van der Waals surface area contributed by atoms with E-state index in [2.05, 4.69) is 5.32 Å². The van der Waals surface area contributed by atoms with Crippen molar-refractivity contribution in [2.75, 3.05) is 0 Å². The third kappa shape index (κ3) is 3.69. The number of aromatic carboxylic acids is 1. The Morgan fingerprint density at radius 2 is 1.70 bits per heavy atom. The van der Waals surface area contributed by atoms with E-state index in [1.807, 2.05) is 18.2 Å². The third-order valence-corrected chi connectivity index (χ3v) is 3.63. The molecule has 1 aliphatic carbocycles. The van der Waals surface area contributed by atoms with Crippen LogP contribution in [-0.2, 0) is 4.79 Å². The molecule has 2 aromatic carbocycles. The van der Waals surface area contributed by atoms with Crippen molar-refractivity contribution < 1.29 is 19.4 Å². The van der Waals surface area contributed by atoms with E-state index < -0.39 is 12.1 Å². The maximum atomic E-state index is 12.5. The van der Waals surface area contributed by atoms with Crippen molar-refractivity contribution in [1.82, 2.24) is 5.32 Å². The average molecular weight is 311 g/mol. The Balaban J connectivity index is 1.89. The Labute approximate surface area is 133 Å². The van der Waals surface area contributed by atoms with E-state index in [1.165, 1.54) is 6.07 Å². The van der Waals surface area contributed by atoms with Gasteiger partial charge in [0.05, 0.1) is 0 Å². The molecule has 0 saturated heterocycles. The lowest BCUT2D eigenvalue weighted by Crippen LogP contribution is -2.34. The van der Waals surface area contributed by atoms with Crippen molar-refractivity contribution in [1.29, 1.82) is 0 Å². The monoisotopic (exact) mass is 311 g/mol. The number of carboxylic acids is 1. The van der Waals surface area contributed by atoms with E-state index in [-0.39, 0.29) is 23.3 Å². The summed E-state index contributed by atoms with van der Waals surface area (Å²) in [5.41, 5.74) is 0.721. The van der Waals surface area contributed by atoms with Gasteiger partial charge in [-0.2, -0.15) is 0 Å². The van der Waals surface area contributed by atoms with E-state index in [0.29, 0.717) is 5.56 Å². The maximum Gasteiger partial charge on any atom is 0.339 e. The second-order valence-corrected chi connectivity index (χ2v) is 5.49. The van der Waals surface area contributed by atoms with Gasteiger partial charge < -0.3 is 15.2 Å². The number of benzene rings is 2. The highest BCUT2D eigenvalue weighted by atomic mass is 16.5. The van der Waals surface area contributed by atoms with Gasteiger partial charge >= 0.3 is 5.97 Å². The van der Waals surface area contributed by atoms with Crippen LogP contribution in [0.15, 0.2) is 54.6 Å². The smallest absolute Gasteiger partial charge is 0.339 e. The molecule has 0 aliphatic heterocycles. The first-order chi connectivity index (χ1) is 11.1. The summed E-state index contributed by atoms with van der Waals surface area (Å²) in [4.78, 5) is 23.8. The van der Waals surface area contributed by atoms with Gasteiger partial charge in [0.1, 0.15) is 11.3 Å². The molecule has 2 N–H and O–H groups in total. The van der Waals surface area contributed by atoms with Gasteiger partial charge in [0, 0.05) is 11.6 Å². The van der Waals surface area contributed by atoms with Gasteiger partial charge in [0.15, 0.2) is 0 Å². The summed E-state index contributed by atoms with van der Waals surface area (Å²) in [7, 11) is 0. The fraction of sp³-hybridized carbons (Fsp3) is 0.222. The van der Waals surface area contributed by atoms with Gasteiger partial charge in [-0.25, -0.2) is 4.79 Å². The van der Waals surface area contributed by atoms with Crippen molar-refractivity contribution >= 4 is 11.9 Å². The highest BCUT2D eigenvalue weighted by Crippen LogP contribution is 2.27. The number of rotatable bonds is 6. The van der Waals surface area contributed by atoms with Gasteiger partial charge in [-0.3, -0.25) is 4.79 Å². The number of para-hydroxylation sites is 1. The Hall–Kier alpha value is -2.82. The molecule has 1 atom stereocenters. The first-order valence-corrected chi connectivity index (χ1v) is 7.49. The van der Waals surface area contributed by atoms with Gasteiger partial charge in [-0.1, -0.05) is 42.5 Å². The molecule has 118 valence electrons. The predicted octanol–water partition coefficient (Wildman–Crippen LogP) is 2.78. The zero-order valence-corrected chi connectivity index (χ0v) is 12.4. The topological polar surface area (TPSA) is 75.6 Å². The SMILES string of the molecule is O=C(O)c1ccccc1OC(C(=O)NC1CC1)c1ccccc1. The highest BCUT2D eigenvalue weighted by molar-refractivity contribution is 5.91. The van der Waals surface area contributed by atoms with Gasteiger partial charge in [0.25, 0.3) is 5.91 Å². The minimum absolute atomic E-state index is 0.0349. The van der Waals surface area contributed by atoms with E-state index in [4.69, 9.17) is 4.74 Å². The van der Waals surface area contributed by atoms with E-state index in [0.717, 1.165) is 12.8 Å². The Morgan fingerprint density at radius 1 is 1.04 bits per heavy atom. The lowest BCUT2D eigenvalue weighted by molar-refractivity contribution is -0.128. The van der Waals surface area contributed by atoms with Crippen molar-refractivity contribution in [2.45, 2.75) is 25.0 Å². The molecule has 1 amide bonds. The molecule has 1 fully saturated rings. The average Bonchev–Trinajstić information content (AvgIpc) is 3.37. The maximum absolute atomic E-state index is 12.5. The van der Waals surface area contributed by atoms with Crippen LogP contribution in [0.2, 0.25) is 0 Å². The number of ether oxygens (including phenoxy) is 1. The third-order valence-electron chi connectivity index (χ3n) is 3.63. The summed E-state index contributed by atoms with van der Waals surface area (Å²) in [6, 6.07) is 15.6. The minimum Gasteiger partial charge on any atom is -0.478 e. The molecule has 1 unspecified atom stereocenters. The Morgan fingerprint density at radius 3 is 2.35 bits per heavy atom. The lowest BCUT2D eigenvalue weighted by atomic mass is 10.1. The van der Waals surface area contributed by atoms with Crippen molar-refractivity contribution in [3.8, 4) is 5.75 Å². The summed E-state index contributed by atoms with van der Waals surface area (Å²) in [6.45, 7) is 0. The van der Waals surface area contributed by atoms with Crippen LogP contribution in [0.5, 0.6) is 5.75 Å². The summed E-state index contributed by atoms with van der Waals surface area (Å²) in [6.07, 6.45) is 1.06. The molecule has 5 heteroatoms. The number of carbonyl (C=O) groups is 2. The standard InChI is InChI=1S/C18H17NO4/c20-17(19-13-10-11-13)16(12-6-2-1-3-7-12)23-15-9-5-4-8-14(15)18(21)22/h1-9,13,16H,10-11H2,(H,19,20)(H,21,22). The molecule has 1 saturated carbocycles. The quantitative estimate of drug-likeness (QED) is 0.860. The van der Waals surface area contributed by atoms with Crippen LogP contribution in [0.1, 0.15) is 34.9 Å². The minimum atomic E-state index is -1.09. The zero-order chi connectivity index (χ0) is 16.2.